The van der Waals surface area contributed by atoms with E-state index in [1.54, 1.807) is 0 Å². The van der Waals surface area contributed by atoms with E-state index in [1.165, 1.54) is 4.90 Å². The van der Waals surface area contributed by atoms with Gasteiger partial charge < -0.3 is 4.90 Å². The van der Waals surface area contributed by atoms with Crippen LogP contribution in [0.25, 0.3) is 0 Å². The summed E-state index contributed by atoms with van der Waals surface area (Å²) in [7, 11) is 0. The van der Waals surface area contributed by atoms with Crippen molar-refractivity contribution in [1.82, 2.24) is 10.3 Å². The van der Waals surface area contributed by atoms with Gasteiger partial charge in [0.05, 0.1) is 0 Å². The molecule has 0 aliphatic carbocycles. The molecule has 1 fully saturated rings. The van der Waals surface area contributed by atoms with Crippen LogP contribution in [0.1, 0.15) is 12.8 Å². The molecular weight excluding hydrogens is 168 g/mol. The number of urea groups is 1. The Morgan fingerprint density at radius 3 is 2.33 bits per heavy atom. The number of amides is 2. The standard InChI is InChI=1S/C6H11F2N3O/c7-6(8)1-3-11(4-2-6)5(12)10-9/h1-4,9H2,(H,10,12). The lowest BCUT2D eigenvalue weighted by atomic mass is 10.1. The zero-order valence-electron chi connectivity index (χ0n) is 6.52. The number of nitrogens with zero attached hydrogens (tertiary/aromatic N) is 1. The highest BCUT2D eigenvalue weighted by Crippen LogP contribution is 2.27. The molecule has 0 spiro atoms. The molecule has 2 amide bonds. The van der Waals surface area contributed by atoms with Crippen LogP contribution in [0.2, 0.25) is 0 Å². The van der Waals surface area contributed by atoms with Crippen molar-refractivity contribution in [2.24, 2.45) is 5.84 Å². The second-order valence-electron chi connectivity index (χ2n) is 2.79. The number of alkyl halides is 2. The van der Waals surface area contributed by atoms with Crippen molar-refractivity contribution < 1.29 is 13.6 Å². The Morgan fingerprint density at radius 2 is 1.92 bits per heavy atom. The molecule has 70 valence electrons. The number of carbonyl (C=O) groups is 1. The van der Waals surface area contributed by atoms with Crippen molar-refractivity contribution in [3.8, 4) is 0 Å². The Labute approximate surface area is 68.7 Å². The third-order valence-electron chi connectivity index (χ3n) is 1.91. The van der Waals surface area contributed by atoms with Gasteiger partial charge in [-0.25, -0.2) is 19.4 Å². The number of piperidine rings is 1. The van der Waals surface area contributed by atoms with Crippen molar-refractivity contribution in [2.45, 2.75) is 18.8 Å². The maximum atomic E-state index is 12.6. The molecule has 0 bridgehead atoms. The van der Waals surface area contributed by atoms with Gasteiger partial charge in [-0.1, -0.05) is 0 Å². The molecule has 0 radical (unpaired) electrons. The minimum absolute atomic E-state index is 0.0655. The molecule has 12 heavy (non-hydrogen) atoms. The molecule has 0 saturated carbocycles. The topological polar surface area (TPSA) is 58.4 Å². The number of nitrogens with two attached hydrogens (primary N) is 1. The molecule has 1 aliphatic rings. The van der Waals surface area contributed by atoms with E-state index in [0.717, 1.165) is 0 Å². The van der Waals surface area contributed by atoms with Gasteiger partial charge in [0.2, 0.25) is 0 Å². The third-order valence-corrected chi connectivity index (χ3v) is 1.91. The van der Waals surface area contributed by atoms with Crippen LogP contribution in [0, 0.1) is 0 Å². The van der Waals surface area contributed by atoms with Gasteiger partial charge >= 0.3 is 6.03 Å². The first-order valence-corrected chi connectivity index (χ1v) is 3.68. The summed E-state index contributed by atoms with van der Waals surface area (Å²) in [6.45, 7) is 0.131. The third kappa shape index (κ3) is 2.04. The molecule has 1 heterocycles. The van der Waals surface area contributed by atoms with Crippen LogP contribution in [0.15, 0.2) is 0 Å². The highest BCUT2D eigenvalue weighted by molar-refractivity contribution is 5.73. The maximum Gasteiger partial charge on any atom is 0.331 e. The highest BCUT2D eigenvalue weighted by atomic mass is 19.3. The summed E-state index contributed by atoms with van der Waals surface area (Å²) in [5, 5.41) is 0. The minimum atomic E-state index is -2.62. The van der Waals surface area contributed by atoms with Gasteiger partial charge in [-0.2, -0.15) is 0 Å². The van der Waals surface area contributed by atoms with Gasteiger partial charge in [-0.15, -0.1) is 0 Å². The summed E-state index contributed by atoms with van der Waals surface area (Å²) < 4.78 is 25.1. The van der Waals surface area contributed by atoms with E-state index in [9.17, 15) is 13.6 Å². The van der Waals surface area contributed by atoms with E-state index in [4.69, 9.17) is 5.84 Å². The molecule has 0 aromatic carbocycles. The van der Waals surface area contributed by atoms with Crippen molar-refractivity contribution >= 4 is 6.03 Å². The fourth-order valence-electron chi connectivity index (χ4n) is 1.13. The Hall–Kier alpha value is -0.910. The Morgan fingerprint density at radius 1 is 1.42 bits per heavy atom. The van der Waals surface area contributed by atoms with Crippen molar-refractivity contribution in [3.05, 3.63) is 0 Å². The number of halogens is 2. The average molecular weight is 179 g/mol. The van der Waals surface area contributed by atoms with Gasteiger partial charge in [0.25, 0.3) is 5.92 Å². The lowest BCUT2D eigenvalue weighted by molar-refractivity contribution is -0.0469. The molecule has 1 saturated heterocycles. The zero-order chi connectivity index (χ0) is 9.19. The highest BCUT2D eigenvalue weighted by Gasteiger charge is 2.35. The van der Waals surface area contributed by atoms with Crippen molar-refractivity contribution in [2.75, 3.05) is 13.1 Å². The van der Waals surface area contributed by atoms with Crippen LogP contribution in [-0.4, -0.2) is 29.9 Å². The summed E-state index contributed by atoms with van der Waals surface area (Å²) >= 11 is 0. The second kappa shape index (κ2) is 3.22. The molecule has 4 nitrogen and oxygen atoms in total. The average Bonchev–Trinajstić information content (AvgIpc) is 2.03. The van der Waals surface area contributed by atoms with E-state index in [-0.39, 0.29) is 25.9 Å². The molecular formula is C6H11F2N3O. The van der Waals surface area contributed by atoms with Crippen LogP contribution >= 0.6 is 0 Å². The van der Waals surface area contributed by atoms with Gasteiger partial charge in [0, 0.05) is 25.9 Å². The van der Waals surface area contributed by atoms with Gasteiger partial charge in [-0.05, 0) is 0 Å². The number of nitrogens with one attached hydrogen (secondary N) is 1. The molecule has 1 aliphatic heterocycles. The van der Waals surface area contributed by atoms with Gasteiger partial charge in [-0.3, -0.25) is 5.43 Å². The normalized spacial score (nSPS) is 22.1. The van der Waals surface area contributed by atoms with Crippen molar-refractivity contribution in [1.29, 1.82) is 0 Å². The number of likely N-dealkylation sites (tertiary alicyclic amines) is 1. The minimum Gasteiger partial charge on any atom is -0.323 e. The smallest absolute Gasteiger partial charge is 0.323 e. The Bertz CT molecular complexity index is 176. The van der Waals surface area contributed by atoms with E-state index >= 15 is 0 Å². The van der Waals surface area contributed by atoms with Crippen LogP contribution in [0.3, 0.4) is 0 Å². The molecule has 6 heteroatoms. The van der Waals surface area contributed by atoms with E-state index < -0.39 is 12.0 Å². The fraction of sp³-hybridized carbons (Fsp3) is 0.833. The van der Waals surface area contributed by atoms with Gasteiger partial charge in [0.1, 0.15) is 0 Å². The lowest BCUT2D eigenvalue weighted by Gasteiger charge is -2.31. The number of hydrogen-bond donors (Lipinski definition) is 2. The Kier molecular flexibility index (Phi) is 2.46. The number of rotatable bonds is 0. The monoisotopic (exact) mass is 179 g/mol. The van der Waals surface area contributed by atoms with Crippen molar-refractivity contribution in [3.63, 3.8) is 0 Å². The predicted octanol–water partition coefficient (Wildman–Crippen LogP) is 0.301. The Balaban J connectivity index is 2.41. The lowest BCUT2D eigenvalue weighted by Crippen LogP contribution is -2.49. The number of hydrogen-bond acceptors (Lipinski definition) is 2. The van der Waals surface area contributed by atoms with Crippen LogP contribution in [-0.2, 0) is 0 Å². The largest absolute Gasteiger partial charge is 0.331 e. The van der Waals surface area contributed by atoms with E-state index in [1.807, 2.05) is 5.43 Å². The first-order valence-electron chi connectivity index (χ1n) is 3.68. The van der Waals surface area contributed by atoms with E-state index in [2.05, 4.69) is 0 Å². The molecule has 3 N–H and O–H groups in total. The number of carbonyl (C=O) groups excluding carboxylic acids is 1. The summed E-state index contributed by atoms with van der Waals surface area (Å²) in [4.78, 5) is 12.1. The first kappa shape index (κ1) is 9.18. The van der Waals surface area contributed by atoms with E-state index in [0.29, 0.717) is 0 Å². The van der Waals surface area contributed by atoms with Crippen LogP contribution in [0.4, 0.5) is 13.6 Å². The molecule has 0 aromatic heterocycles. The van der Waals surface area contributed by atoms with Crippen LogP contribution < -0.4 is 11.3 Å². The zero-order valence-corrected chi connectivity index (χ0v) is 6.52. The van der Waals surface area contributed by atoms with Crippen LogP contribution in [0.5, 0.6) is 0 Å². The predicted molar refractivity (Wildman–Crippen MR) is 38.5 cm³/mol. The molecule has 0 aromatic rings. The summed E-state index contributed by atoms with van der Waals surface area (Å²) in [5.41, 5.74) is 1.90. The second-order valence-corrected chi connectivity index (χ2v) is 2.79. The molecule has 0 unspecified atom stereocenters. The first-order chi connectivity index (χ1) is 5.55. The number of hydrazine groups is 1. The quantitative estimate of drug-likeness (QED) is 0.319. The molecule has 1 rings (SSSR count). The summed E-state index contributed by atoms with van der Waals surface area (Å²) in [5.74, 6) is 2.22. The SMILES string of the molecule is NNC(=O)N1CCC(F)(F)CC1. The fourth-order valence-corrected chi connectivity index (χ4v) is 1.13. The molecule has 0 atom stereocenters. The van der Waals surface area contributed by atoms with Gasteiger partial charge in [0.15, 0.2) is 0 Å². The summed E-state index contributed by atoms with van der Waals surface area (Å²) in [6.07, 6.45) is -0.555. The maximum absolute atomic E-state index is 12.6. The summed E-state index contributed by atoms with van der Waals surface area (Å²) in [6, 6.07) is -0.495.